The molecule has 4 rings (SSSR count). The van der Waals surface area contributed by atoms with Gasteiger partial charge in [0.2, 0.25) is 5.91 Å². The van der Waals surface area contributed by atoms with Crippen LogP contribution in [-0.4, -0.2) is 30.0 Å². The molecule has 1 amide bonds. The summed E-state index contributed by atoms with van der Waals surface area (Å²) in [6.07, 6.45) is 4.64. The van der Waals surface area contributed by atoms with E-state index < -0.39 is 0 Å². The molecule has 1 N–H and O–H groups in total. The summed E-state index contributed by atoms with van der Waals surface area (Å²) >= 11 is 0. The van der Waals surface area contributed by atoms with Gasteiger partial charge in [-0.25, -0.2) is 4.98 Å². The largest absolute Gasteiger partial charge is 0.354 e. The molecule has 120 valence electrons. The molecule has 2 aromatic rings. The summed E-state index contributed by atoms with van der Waals surface area (Å²) in [7, 11) is 0. The van der Waals surface area contributed by atoms with Crippen LogP contribution in [0.4, 0.5) is 5.82 Å². The third-order valence-corrected chi connectivity index (χ3v) is 5.14. The van der Waals surface area contributed by atoms with E-state index in [-0.39, 0.29) is 11.9 Å². The minimum atomic E-state index is 0.0510. The van der Waals surface area contributed by atoms with Gasteiger partial charge >= 0.3 is 0 Å². The Morgan fingerprint density at radius 1 is 1.26 bits per heavy atom. The Bertz CT molecular complexity index is 784. The number of hydrogen-bond acceptors (Lipinski definition) is 3. The van der Waals surface area contributed by atoms with E-state index in [4.69, 9.17) is 4.98 Å². The minimum Gasteiger partial charge on any atom is -0.354 e. The molecule has 0 bridgehead atoms. The second-order valence-corrected chi connectivity index (χ2v) is 6.92. The highest BCUT2D eigenvalue weighted by atomic mass is 16.1. The molecule has 2 heterocycles. The Morgan fingerprint density at radius 3 is 2.83 bits per heavy atom. The number of carbonyl (C=O) groups is 1. The number of hydrogen-bond donors (Lipinski definition) is 1. The molecular weight excluding hydrogens is 286 g/mol. The van der Waals surface area contributed by atoms with Crippen molar-refractivity contribution in [3.63, 3.8) is 0 Å². The fourth-order valence-electron chi connectivity index (χ4n) is 3.98. The Morgan fingerprint density at radius 2 is 2.04 bits per heavy atom. The highest BCUT2D eigenvalue weighted by Gasteiger charge is 2.24. The summed E-state index contributed by atoms with van der Waals surface area (Å²) < 4.78 is 0. The average Bonchev–Trinajstić information content (AvgIpc) is 3.13. The number of pyridine rings is 1. The normalized spacial score (nSPS) is 20.1. The predicted molar refractivity (Wildman–Crippen MR) is 92.9 cm³/mol. The fourth-order valence-corrected chi connectivity index (χ4v) is 3.98. The second kappa shape index (κ2) is 5.52. The molecular formula is C19H23N3O. The number of aryl methyl sites for hydroxylation is 3. The van der Waals surface area contributed by atoms with Crippen molar-refractivity contribution in [2.24, 2.45) is 0 Å². The van der Waals surface area contributed by atoms with Crippen LogP contribution in [0.15, 0.2) is 18.2 Å². The number of nitrogens with zero attached hydrogens (tertiary/aromatic N) is 2. The van der Waals surface area contributed by atoms with E-state index in [1.165, 1.54) is 41.3 Å². The molecule has 1 aromatic heterocycles. The van der Waals surface area contributed by atoms with Crippen molar-refractivity contribution in [3.8, 4) is 0 Å². The molecule has 1 aromatic carbocycles. The molecule has 1 aliphatic heterocycles. The summed E-state index contributed by atoms with van der Waals surface area (Å²) in [6, 6.07) is 7.06. The number of rotatable bonds is 2. The number of aromatic nitrogens is 1. The Balaban J connectivity index is 1.66. The lowest BCUT2D eigenvalue weighted by Gasteiger charge is -2.19. The zero-order valence-corrected chi connectivity index (χ0v) is 13.9. The van der Waals surface area contributed by atoms with Gasteiger partial charge in [0.1, 0.15) is 5.82 Å². The molecule has 23 heavy (non-hydrogen) atoms. The van der Waals surface area contributed by atoms with E-state index in [0.29, 0.717) is 0 Å². The molecule has 0 radical (unpaired) electrons. The summed E-state index contributed by atoms with van der Waals surface area (Å²) in [5, 5.41) is 4.30. The molecule has 1 fully saturated rings. The topological polar surface area (TPSA) is 45.2 Å². The van der Waals surface area contributed by atoms with Gasteiger partial charge < -0.3 is 10.2 Å². The quantitative estimate of drug-likeness (QED) is 0.928. The van der Waals surface area contributed by atoms with E-state index in [1.54, 1.807) is 6.92 Å². The van der Waals surface area contributed by atoms with Crippen LogP contribution in [0.25, 0.3) is 10.9 Å². The highest BCUT2D eigenvalue weighted by Crippen LogP contribution is 2.30. The number of anilines is 1. The van der Waals surface area contributed by atoms with Crippen molar-refractivity contribution in [2.75, 3.05) is 18.0 Å². The Hall–Kier alpha value is -2.10. The monoisotopic (exact) mass is 309 g/mol. The van der Waals surface area contributed by atoms with E-state index >= 15 is 0 Å². The number of fused-ring (bicyclic) bond motifs is 2. The molecule has 4 nitrogen and oxygen atoms in total. The molecule has 0 unspecified atom stereocenters. The number of amides is 1. The smallest absolute Gasteiger partial charge is 0.217 e. The van der Waals surface area contributed by atoms with Gasteiger partial charge in [-0.1, -0.05) is 0 Å². The third-order valence-electron chi connectivity index (χ3n) is 5.14. The van der Waals surface area contributed by atoms with Crippen LogP contribution in [0.1, 0.15) is 36.5 Å². The summed E-state index contributed by atoms with van der Waals surface area (Å²) in [4.78, 5) is 18.4. The van der Waals surface area contributed by atoms with Crippen LogP contribution in [0.2, 0.25) is 0 Å². The van der Waals surface area contributed by atoms with Gasteiger partial charge in [0.25, 0.3) is 0 Å². The Kier molecular flexibility index (Phi) is 3.47. The van der Waals surface area contributed by atoms with E-state index in [0.717, 1.165) is 30.8 Å². The summed E-state index contributed by atoms with van der Waals surface area (Å²) in [5.41, 5.74) is 5.38. The summed E-state index contributed by atoms with van der Waals surface area (Å²) in [5.74, 6) is 1.09. The van der Waals surface area contributed by atoms with Gasteiger partial charge in [-0.2, -0.15) is 0 Å². The second-order valence-electron chi connectivity index (χ2n) is 6.92. The van der Waals surface area contributed by atoms with Crippen molar-refractivity contribution >= 4 is 22.6 Å². The lowest BCUT2D eigenvalue weighted by Crippen LogP contribution is -2.35. The standard InChI is InChI=1S/C19H23N3O/c1-12-8-19(22-7-6-16(11-22)20-13(2)23)21-18-10-15-5-3-4-14(15)9-17(12)18/h8-10,16H,3-7,11H2,1-2H3,(H,20,23)/t16-/m0/s1. The van der Waals surface area contributed by atoms with Crippen molar-refractivity contribution < 1.29 is 4.79 Å². The maximum atomic E-state index is 11.2. The van der Waals surface area contributed by atoms with Crippen molar-refractivity contribution in [2.45, 2.75) is 45.6 Å². The van der Waals surface area contributed by atoms with Crippen LogP contribution in [0, 0.1) is 6.92 Å². The van der Waals surface area contributed by atoms with Gasteiger partial charge in [-0.3, -0.25) is 4.79 Å². The fraction of sp³-hybridized carbons (Fsp3) is 0.474. The molecule has 0 spiro atoms. The van der Waals surface area contributed by atoms with Crippen LogP contribution < -0.4 is 10.2 Å². The third kappa shape index (κ3) is 2.67. The lowest BCUT2D eigenvalue weighted by atomic mass is 10.0. The van der Waals surface area contributed by atoms with Crippen molar-refractivity contribution in [3.05, 3.63) is 34.9 Å². The van der Waals surface area contributed by atoms with Gasteiger partial charge in [0.05, 0.1) is 5.52 Å². The molecule has 0 saturated carbocycles. The predicted octanol–water partition coefficient (Wildman–Crippen LogP) is 2.75. The highest BCUT2D eigenvalue weighted by molar-refractivity contribution is 5.86. The Labute approximate surface area is 136 Å². The SMILES string of the molecule is CC(=O)N[C@H]1CCN(c2cc(C)c3cc4c(cc3n2)CCC4)C1. The zero-order valence-electron chi connectivity index (χ0n) is 13.9. The number of nitrogens with one attached hydrogen (secondary N) is 1. The lowest BCUT2D eigenvalue weighted by molar-refractivity contribution is -0.119. The zero-order chi connectivity index (χ0) is 16.0. The van der Waals surface area contributed by atoms with Crippen LogP contribution in [-0.2, 0) is 17.6 Å². The maximum absolute atomic E-state index is 11.2. The molecule has 1 saturated heterocycles. The van der Waals surface area contributed by atoms with Crippen molar-refractivity contribution in [1.82, 2.24) is 10.3 Å². The molecule has 1 aliphatic carbocycles. The van der Waals surface area contributed by atoms with E-state index in [2.05, 4.69) is 35.3 Å². The number of benzene rings is 1. The maximum Gasteiger partial charge on any atom is 0.217 e. The first-order chi connectivity index (χ1) is 11.1. The molecule has 2 aliphatic rings. The van der Waals surface area contributed by atoms with Crippen LogP contribution >= 0.6 is 0 Å². The number of carbonyl (C=O) groups excluding carboxylic acids is 1. The minimum absolute atomic E-state index is 0.0510. The molecule has 1 atom stereocenters. The first-order valence-electron chi connectivity index (χ1n) is 8.55. The summed E-state index contributed by atoms with van der Waals surface area (Å²) in [6.45, 7) is 5.56. The van der Waals surface area contributed by atoms with Gasteiger partial charge in [0.15, 0.2) is 0 Å². The van der Waals surface area contributed by atoms with Crippen molar-refractivity contribution in [1.29, 1.82) is 0 Å². The van der Waals surface area contributed by atoms with Crippen LogP contribution in [0.3, 0.4) is 0 Å². The first-order valence-corrected chi connectivity index (χ1v) is 8.55. The van der Waals surface area contributed by atoms with Gasteiger partial charge in [0, 0.05) is 31.4 Å². The molecule has 4 heteroatoms. The van der Waals surface area contributed by atoms with Crippen LogP contribution in [0.5, 0.6) is 0 Å². The van der Waals surface area contributed by atoms with Gasteiger partial charge in [-0.15, -0.1) is 0 Å². The van der Waals surface area contributed by atoms with Gasteiger partial charge in [-0.05, 0) is 67.5 Å². The van der Waals surface area contributed by atoms with E-state index in [1.807, 2.05) is 0 Å². The van der Waals surface area contributed by atoms with E-state index in [9.17, 15) is 4.79 Å². The first kappa shape index (κ1) is 14.5. The average molecular weight is 309 g/mol.